The zero-order valence-electron chi connectivity index (χ0n) is 16.4. The van der Waals surface area contributed by atoms with Crippen molar-refractivity contribution < 1.29 is 19.2 Å². The van der Waals surface area contributed by atoms with E-state index in [1.807, 2.05) is 0 Å². The maximum Gasteiger partial charge on any atom is 0.325 e. The number of carbonyl (C=O) groups is 4. The van der Waals surface area contributed by atoms with Crippen LogP contribution in [-0.2, 0) is 15.1 Å². The van der Waals surface area contributed by atoms with E-state index in [1.54, 1.807) is 43.3 Å². The molecule has 156 valence electrons. The molecule has 1 saturated heterocycles. The van der Waals surface area contributed by atoms with Crippen LogP contribution in [0, 0.1) is 0 Å². The molecule has 9 heteroatoms. The van der Waals surface area contributed by atoms with Gasteiger partial charge in [-0.25, -0.2) is 4.79 Å². The van der Waals surface area contributed by atoms with Crippen molar-refractivity contribution in [3.05, 3.63) is 70.2 Å². The Morgan fingerprint density at radius 2 is 1.87 bits per heavy atom. The number of amides is 5. The number of nitrogens with zero attached hydrogens (tertiary/aromatic N) is 1. The summed E-state index contributed by atoms with van der Waals surface area (Å²) in [5.41, 5.74) is 5.33. The first-order valence-electron chi connectivity index (χ1n) is 9.21. The van der Waals surface area contributed by atoms with Crippen molar-refractivity contribution in [2.75, 3.05) is 6.54 Å². The Kier molecular flexibility index (Phi) is 5.80. The van der Waals surface area contributed by atoms with E-state index in [1.165, 1.54) is 19.1 Å². The van der Waals surface area contributed by atoms with Crippen LogP contribution >= 0.6 is 11.6 Å². The molecule has 0 saturated carbocycles. The Balaban J connectivity index is 1.73. The fraction of sp³-hybridized carbons (Fsp3) is 0.238. The third kappa shape index (κ3) is 4.13. The van der Waals surface area contributed by atoms with E-state index in [4.69, 9.17) is 17.3 Å². The van der Waals surface area contributed by atoms with Crippen LogP contribution in [0.3, 0.4) is 0 Å². The molecule has 2 aromatic carbocycles. The molecule has 1 fully saturated rings. The summed E-state index contributed by atoms with van der Waals surface area (Å²) in [4.78, 5) is 50.2. The fourth-order valence-corrected chi connectivity index (χ4v) is 3.41. The Hall–Kier alpha value is -3.39. The van der Waals surface area contributed by atoms with Crippen LogP contribution in [0.5, 0.6) is 0 Å². The summed E-state index contributed by atoms with van der Waals surface area (Å²) in [6.45, 7) is 2.86. The molecule has 0 bridgehead atoms. The molecule has 3 rings (SSSR count). The average molecular weight is 429 g/mol. The summed E-state index contributed by atoms with van der Waals surface area (Å²) in [7, 11) is 0. The molecule has 4 N–H and O–H groups in total. The number of primary amides is 1. The van der Waals surface area contributed by atoms with Crippen LogP contribution < -0.4 is 16.4 Å². The number of nitrogens with one attached hydrogen (secondary N) is 2. The molecule has 0 aromatic heterocycles. The second kappa shape index (κ2) is 8.16. The topological polar surface area (TPSA) is 122 Å². The van der Waals surface area contributed by atoms with E-state index in [2.05, 4.69) is 10.6 Å². The van der Waals surface area contributed by atoms with Gasteiger partial charge in [-0.1, -0.05) is 35.9 Å². The standard InChI is InChI=1S/C21H21ClN4O4/c1-12(13-6-8-16(22)9-7-13)24-17(27)11-26-19(29)21(2,25-20(26)30)15-5-3-4-14(10-15)18(23)28/h3-10,12H,11H2,1-2H3,(H2,23,28)(H,24,27)(H,25,30). The zero-order valence-corrected chi connectivity index (χ0v) is 17.2. The predicted molar refractivity (Wildman–Crippen MR) is 111 cm³/mol. The van der Waals surface area contributed by atoms with Gasteiger partial charge in [0.05, 0.1) is 6.04 Å². The van der Waals surface area contributed by atoms with Crippen molar-refractivity contribution >= 4 is 35.4 Å². The highest BCUT2D eigenvalue weighted by Crippen LogP contribution is 2.29. The molecule has 0 aliphatic carbocycles. The monoisotopic (exact) mass is 428 g/mol. The number of urea groups is 1. The third-order valence-corrected chi connectivity index (χ3v) is 5.30. The minimum atomic E-state index is -1.41. The largest absolute Gasteiger partial charge is 0.366 e. The lowest BCUT2D eigenvalue weighted by Crippen LogP contribution is -2.43. The van der Waals surface area contributed by atoms with Gasteiger partial charge < -0.3 is 16.4 Å². The molecule has 5 amide bonds. The van der Waals surface area contributed by atoms with Gasteiger partial charge in [-0.2, -0.15) is 0 Å². The Bertz CT molecular complexity index is 1020. The molecule has 2 aromatic rings. The van der Waals surface area contributed by atoms with Crippen molar-refractivity contribution in [2.45, 2.75) is 25.4 Å². The SMILES string of the molecule is CC(NC(=O)CN1C(=O)NC(C)(c2cccc(C(N)=O)c2)C1=O)c1ccc(Cl)cc1. The van der Waals surface area contributed by atoms with Crippen LogP contribution in [0.2, 0.25) is 5.02 Å². The summed E-state index contributed by atoms with van der Waals surface area (Å²) in [6.07, 6.45) is 0. The summed E-state index contributed by atoms with van der Waals surface area (Å²) >= 11 is 5.87. The lowest BCUT2D eigenvalue weighted by molar-refractivity contribution is -0.135. The van der Waals surface area contributed by atoms with E-state index in [9.17, 15) is 19.2 Å². The number of nitrogens with two attached hydrogens (primary N) is 1. The van der Waals surface area contributed by atoms with Crippen molar-refractivity contribution in [3.63, 3.8) is 0 Å². The number of benzene rings is 2. The normalized spacial score (nSPS) is 19.4. The second-order valence-electron chi connectivity index (χ2n) is 7.23. The number of rotatable bonds is 6. The summed E-state index contributed by atoms with van der Waals surface area (Å²) in [6, 6.07) is 12.1. The smallest absolute Gasteiger partial charge is 0.325 e. The molecule has 2 atom stereocenters. The van der Waals surface area contributed by atoms with Crippen LogP contribution in [0.15, 0.2) is 48.5 Å². The van der Waals surface area contributed by atoms with Gasteiger partial charge in [-0.15, -0.1) is 0 Å². The molecule has 0 spiro atoms. The summed E-state index contributed by atoms with van der Waals surface area (Å²) in [5, 5.41) is 5.94. The average Bonchev–Trinajstić information content (AvgIpc) is 2.92. The number of carbonyl (C=O) groups excluding carboxylic acids is 4. The highest BCUT2D eigenvalue weighted by Gasteiger charge is 2.49. The summed E-state index contributed by atoms with van der Waals surface area (Å²) < 4.78 is 0. The molecular formula is C21H21ClN4O4. The third-order valence-electron chi connectivity index (χ3n) is 5.05. The molecule has 8 nitrogen and oxygen atoms in total. The van der Waals surface area contributed by atoms with Crippen molar-refractivity contribution in [1.82, 2.24) is 15.5 Å². The van der Waals surface area contributed by atoms with Crippen molar-refractivity contribution in [3.8, 4) is 0 Å². The van der Waals surface area contributed by atoms with Crippen LogP contribution in [0.4, 0.5) is 4.79 Å². The first-order chi connectivity index (χ1) is 14.1. The minimum Gasteiger partial charge on any atom is -0.366 e. The molecule has 2 unspecified atom stereocenters. The van der Waals surface area contributed by atoms with Crippen molar-refractivity contribution in [2.24, 2.45) is 5.73 Å². The first-order valence-corrected chi connectivity index (χ1v) is 9.59. The van der Waals surface area contributed by atoms with Gasteiger partial charge in [0, 0.05) is 10.6 Å². The number of hydrogen-bond acceptors (Lipinski definition) is 4. The van der Waals surface area contributed by atoms with Crippen LogP contribution in [-0.4, -0.2) is 35.2 Å². The van der Waals surface area contributed by atoms with E-state index in [0.717, 1.165) is 10.5 Å². The van der Waals surface area contributed by atoms with Gasteiger partial charge in [0.2, 0.25) is 11.8 Å². The number of hydrogen-bond donors (Lipinski definition) is 3. The van der Waals surface area contributed by atoms with E-state index in [0.29, 0.717) is 10.6 Å². The lowest BCUT2D eigenvalue weighted by atomic mass is 9.90. The number of imide groups is 1. The number of halogens is 1. The van der Waals surface area contributed by atoms with Crippen LogP contribution in [0.25, 0.3) is 0 Å². The van der Waals surface area contributed by atoms with Gasteiger partial charge in [0.25, 0.3) is 5.91 Å². The highest BCUT2D eigenvalue weighted by atomic mass is 35.5. The molecule has 1 heterocycles. The van der Waals surface area contributed by atoms with Gasteiger partial charge >= 0.3 is 6.03 Å². The predicted octanol–water partition coefficient (Wildman–Crippen LogP) is 2.08. The Labute approximate surface area is 178 Å². The van der Waals surface area contributed by atoms with Crippen molar-refractivity contribution in [1.29, 1.82) is 0 Å². The van der Waals surface area contributed by atoms with E-state index in [-0.39, 0.29) is 11.6 Å². The van der Waals surface area contributed by atoms with E-state index < -0.39 is 35.8 Å². The van der Waals surface area contributed by atoms with Gasteiger partial charge in [-0.3, -0.25) is 19.3 Å². The Morgan fingerprint density at radius 1 is 1.20 bits per heavy atom. The van der Waals surface area contributed by atoms with Crippen LogP contribution in [0.1, 0.15) is 41.4 Å². The van der Waals surface area contributed by atoms with E-state index >= 15 is 0 Å². The molecule has 1 aliphatic rings. The maximum absolute atomic E-state index is 13.0. The lowest BCUT2D eigenvalue weighted by Gasteiger charge is -2.23. The molecule has 1 aliphatic heterocycles. The second-order valence-corrected chi connectivity index (χ2v) is 7.67. The van der Waals surface area contributed by atoms with Gasteiger partial charge in [-0.05, 0) is 49.2 Å². The molecule has 0 radical (unpaired) electrons. The Morgan fingerprint density at radius 3 is 2.50 bits per heavy atom. The fourth-order valence-electron chi connectivity index (χ4n) is 3.29. The quantitative estimate of drug-likeness (QED) is 0.609. The highest BCUT2D eigenvalue weighted by molar-refractivity contribution is 6.30. The molecule has 30 heavy (non-hydrogen) atoms. The molecular weight excluding hydrogens is 408 g/mol. The summed E-state index contributed by atoms with van der Waals surface area (Å²) in [5.74, 6) is -1.73. The van der Waals surface area contributed by atoms with Gasteiger partial charge in [0.15, 0.2) is 0 Å². The maximum atomic E-state index is 13.0. The van der Waals surface area contributed by atoms with Gasteiger partial charge in [0.1, 0.15) is 12.1 Å². The first kappa shape index (κ1) is 21.3. The minimum absolute atomic E-state index is 0.212. The zero-order chi connectivity index (χ0) is 22.1.